The molecule has 4 nitrogen and oxygen atoms in total. The monoisotopic (exact) mass is 369 g/mol. The third-order valence-electron chi connectivity index (χ3n) is 3.30. The molecule has 0 aliphatic carbocycles. The van der Waals surface area contributed by atoms with Crippen molar-refractivity contribution in [3.8, 4) is 17.2 Å². The van der Waals surface area contributed by atoms with Gasteiger partial charge in [-0.1, -0.05) is 23.2 Å². The van der Waals surface area contributed by atoms with Crippen LogP contribution in [-0.4, -0.2) is 20.3 Å². The SMILES string of the molecule is COc1ccc(NCc2cc(Cl)cc(OC)c2OC(C)C)cc1Cl. The molecule has 0 heterocycles. The quantitative estimate of drug-likeness (QED) is 0.707. The molecule has 0 saturated heterocycles. The van der Waals surface area contributed by atoms with E-state index in [1.807, 2.05) is 38.1 Å². The Kier molecular flexibility index (Phi) is 6.46. The Morgan fingerprint density at radius 2 is 1.71 bits per heavy atom. The van der Waals surface area contributed by atoms with E-state index in [0.717, 1.165) is 11.3 Å². The highest BCUT2D eigenvalue weighted by Gasteiger charge is 2.14. The third-order valence-corrected chi connectivity index (χ3v) is 3.82. The first-order valence-corrected chi connectivity index (χ1v) is 8.30. The smallest absolute Gasteiger partial charge is 0.166 e. The van der Waals surface area contributed by atoms with Crippen molar-refractivity contribution in [1.82, 2.24) is 0 Å². The molecular weight excluding hydrogens is 349 g/mol. The minimum absolute atomic E-state index is 0.0225. The van der Waals surface area contributed by atoms with Crippen LogP contribution >= 0.6 is 23.2 Å². The summed E-state index contributed by atoms with van der Waals surface area (Å²) >= 11 is 12.3. The van der Waals surface area contributed by atoms with E-state index in [0.29, 0.717) is 33.8 Å². The van der Waals surface area contributed by atoms with Crippen LogP contribution in [0.15, 0.2) is 30.3 Å². The lowest BCUT2D eigenvalue weighted by Gasteiger charge is -2.19. The molecule has 0 bridgehead atoms. The van der Waals surface area contributed by atoms with Crippen molar-refractivity contribution in [3.63, 3.8) is 0 Å². The summed E-state index contributed by atoms with van der Waals surface area (Å²) in [6.07, 6.45) is 0.0225. The van der Waals surface area contributed by atoms with Crippen molar-refractivity contribution in [3.05, 3.63) is 45.9 Å². The summed E-state index contributed by atoms with van der Waals surface area (Å²) in [6.45, 7) is 4.45. The Hall–Kier alpha value is -1.78. The van der Waals surface area contributed by atoms with Gasteiger partial charge in [0.1, 0.15) is 5.75 Å². The minimum Gasteiger partial charge on any atom is -0.495 e. The topological polar surface area (TPSA) is 39.7 Å². The van der Waals surface area contributed by atoms with Crippen LogP contribution in [0.4, 0.5) is 5.69 Å². The molecular formula is C18H21Cl2NO3. The summed E-state index contributed by atoms with van der Waals surface area (Å²) in [5, 5.41) is 4.45. The Balaban J connectivity index is 2.25. The number of ether oxygens (including phenoxy) is 3. The fourth-order valence-electron chi connectivity index (χ4n) is 2.25. The lowest BCUT2D eigenvalue weighted by atomic mass is 10.1. The van der Waals surface area contributed by atoms with Gasteiger partial charge in [-0.15, -0.1) is 0 Å². The molecule has 130 valence electrons. The van der Waals surface area contributed by atoms with Crippen molar-refractivity contribution in [2.24, 2.45) is 0 Å². The molecule has 0 aromatic heterocycles. The van der Waals surface area contributed by atoms with Crippen LogP contribution in [0.3, 0.4) is 0 Å². The Bertz CT molecular complexity index is 705. The van der Waals surface area contributed by atoms with Gasteiger partial charge >= 0.3 is 0 Å². The molecule has 2 aromatic carbocycles. The molecule has 0 atom stereocenters. The number of anilines is 1. The summed E-state index contributed by atoms with van der Waals surface area (Å²) in [4.78, 5) is 0. The van der Waals surface area contributed by atoms with Gasteiger partial charge in [0, 0.05) is 28.9 Å². The van der Waals surface area contributed by atoms with Gasteiger partial charge in [0.2, 0.25) is 0 Å². The van der Waals surface area contributed by atoms with E-state index < -0.39 is 0 Å². The molecule has 2 aromatic rings. The maximum absolute atomic E-state index is 6.18. The van der Waals surface area contributed by atoms with Crippen LogP contribution in [-0.2, 0) is 6.54 Å². The highest BCUT2D eigenvalue weighted by molar-refractivity contribution is 6.32. The highest BCUT2D eigenvalue weighted by Crippen LogP contribution is 2.36. The van der Waals surface area contributed by atoms with Crippen LogP contribution in [0.25, 0.3) is 0 Å². The predicted molar refractivity (Wildman–Crippen MR) is 99.1 cm³/mol. The molecule has 0 spiro atoms. The first kappa shape index (κ1) is 18.6. The molecule has 0 radical (unpaired) electrons. The lowest BCUT2D eigenvalue weighted by molar-refractivity contribution is 0.228. The van der Waals surface area contributed by atoms with Gasteiger partial charge in [-0.05, 0) is 38.1 Å². The number of nitrogens with one attached hydrogen (secondary N) is 1. The molecule has 0 aliphatic rings. The van der Waals surface area contributed by atoms with Crippen LogP contribution in [0.1, 0.15) is 19.4 Å². The fourth-order valence-corrected chi connectivity index (χ4v) is 2.74. The second-order valence-electron chi connectivity index (χ2n) is 5.47. The van der Waals surface area contributed by atoms with Gasteiger partial charge in [-0.2, -0.15) is 0 Å². The molecule has 1 N–H and O–H groups in total. The average molecular weight is 370 g/mol. The zero-order valence-corrected chi connectivity index (χ0v) is 15.7. The first-order valence-electron chi connectivity index (χ1n) is 7.55. The maximum atomic E-state index is 6.18. The van der Waals surface area contributed by atoms with Gasteiger partial charge in [0.05, 0.1) is 25.3 Å². The van der Waals surface area contributed by atoms with E-state index in [-0.39, 0.29) is 6.10 Å². The number of halogens is 2. The standard InChI is InChI=1S/C18H21Cl2NO3/c1-11(2)24-18-12(7-13(19)8-17(18)23-4)10-21-14-5-6-16(22-3)15(20)9-14/h5-9,11,21H,10H2,1-4H3. The van der Waals surface area contributed by atoms with Crippen molar-refractivity contribution >= 4 is 28.9 Å². The van der Waals surface area contributed by atoms with E-state index >= 15 is 0 Å². The van der Waals surface area contributed by atoms with Gasteiger partial charge in [0.25, 0.3) is 0 Å². The fraction of sp³-hybridized carbons (Fsp3) is 0.333. The number of methoxy groups -OCH3 is 2. The molecule has 0 amide bonds. The summed E-state index contributed by atoms with van der Waals surface area (Å²) in [5.74, 6) is 1.93. The molecule has 0 saturated carbocycles. The van der Waals surface area contributed by atoms with Crippen molar-refractivity contribution < 1.29 is 14.2 Å². The Labute approximate surface area is 152 Å². The molecule has 2 rings (SSSR count). The lowest BCUT2D eigenvalue weighted by Crippen LogP contribution is -2.10. The Morgan fingerprint density at radius 1 is 1.00 bits per heavy atom. The van der Waals surface area contributed by atoms with E-state index in [1.54, 1.807) is 20.3 Å². The number of hydrogen-bond donors (Lipinski definition) is 1. The highest BCUT2D eigenvalue weighted by atomic mass is 35.5. The van der Waals surface area contributed by atoms with E-state index in [9.17, 15) is 0 Å². The summed E-state index contributed by atoms with van der Waals surface area (Å²) in [5.41, 5.74) is 1.77. The molecule has 0 aliphatic heterocycles. The zero-order valence-electron chi connectivity index (χ0n) is 14.2. The molecule has 0 unspecified atom stereocenters. The number of benzene rings is 2. The predicted octanol–water partition coefficient (Wildman–Crippen LogP) is 5.41. The van der Waals surface area contributed by atoms with E-state index in [4.69, 9.17) is 37.4 Å². The summed E-state index contributed by atoms with van der Waals surface area (Å²) in [6, 6.07) is 9.13. The van der Waals surface area contributed by atoms with Gasteiger partial charge < -0.3 is 19.5 Å². The summed E-state index contributed by atoms with van der Waals surface area (Å²) < 4.78 is 16.5. The summed E-state index contributed by atoms with van der Waals surface area (Å²) in [7, 11) is 3.18. The van der Waals surface area contributed by atoms with Crippen molar-refractivity contribution in [2.75, 3.05) is 19.5 Å². The normalized spacial score (nSPS) is 10.6. The van der Waals surface area contributed by atoms with E-state index in [2.05, 4.69) is 5.32 Å². The number of rotatable bonds is 7. The second-order valence-corrected chi connectivity index (χ2v) is 6.31. The minimum atomic E-state index is 0.0225. The number of hydrogen-bond acceptors (Lipinski definition) is 4. The molecule has 6 heteroatoms. The third kappa shape index (κ3) is 4.62. The van der Waals surface area contributed by atoms with Crippen molar-refractivity contribution in [1.29, 1.82) is 0 Å². The zero-order chi connectivity index (χ0) is 17.7. The van der Waals surface area contributed by atoms with Crippen molar-refractivity contribution in [2.45, 2.75) is 26.5 Å². The van der Waals surface area contributed by atoms with E-state index in [1.165, 1.54) is 0 Å². The molecule has 24 heavy (non-hydrogen) atoms. The largest absolute Gasteiger partial charge is 0.495 e. The van der Waals surface area contributed by atoms with Gasteiger partial charge in [-0.3, -0.25) is 0 Å². The van der Waals surface area contributed by atoms with Crippen LogP contribution < -0.4 is 19.5 Å². The van der Waals surface area contributed by atoms with Gasteiger partial charge in [-0.25, -0.2) is 0 Å². The van der Waals surface area contributed by atoms with Crippen LogP contribution in [0.5, 0.6) is 17.2 Å². The van der Waals surface area contributed by atoms with Crippen LogP contribution in [0, 0.1) is 0 Å². The second kappa shape index (κ2) is 8.36. The average Bonchev–Trinajstić information content (AvgIpc) is 2.54. The maximum Gasteiger partial charge on any atom is 0.166 e. The van der Waals surface area contributed by atoms with Gasteiger partial charge in [0.15, 0.2) is 11.5 Å². The Morgan fingerprint density at radius 3 is 2.29 bits per heavy atom. The van der Waals surface area contributed by atoms with Crippen LogP contribution in [0.2, 0.25) is 10.0 Å². The molecule has 0 fully saturated rings. The first-order chi connectivity index (χ1) is 11.4.